The van der Waals surface area contributed by atoms with Crippen molar-refractivity contribution in [3.05, 3.63) is 84.5 Å². The number of nitrogens with zero attached hydrogens (tertiary/aromatic N) is 4. The maximum absolute atomic E-state index is 13.8. The van der Waals surface area contributed by atoms with E-state index in [1.807, 2.05) is 42.5 Å². The molecule has 2 aromatic heterocycles. The van der Waals surface area contributed by atoms with Gasteiger partial charge in [-0.3, -0.25) is 8.63 Å². The first-order valence-corrected chi connectivity index (χ1v) is 8.05. The molecule has 4 rings (SSSR count). The van der Waals surface area contributed by atoms with Crippen LogP contribution >= 0.6 is 0 Å². The Balaban J connectivity index is 2.10. The minimum absolute atomic E-state index is 0.0778. The average molecular weight is 346 g/mol. The Kier molecular flexibility index (Phi) is 4.27. The highest BCUT2D eigenvalue weighted by Gasteiger charge is 2.22. The molecule has 0 saturated heterocycles. The molecule has 0 amide bonds. The van der Waals surface area contributed by atoms with E-state index in [4.69, 9.17) is 0 Å². The third-order valence-corrected chi connectivity index (χ3v) is 3.95. The zero-order valence-corrected chi connectivity index (χ0v) is 13.6. The highest BCUT2D eigenvalue weighted by atomic mass is 19.2. The summed E-state index contributed by atoms with van der Waals surface area (Å²) in [5.74, 6) is 0.348. The quantitative estimate of drug-likeness (QED) is 0.524. The molecule has 0 radical (unpaired) electrons. The normalized spacial score (nSPS) is 11.7. The van der Waals surface area contributed by atoms with E-state index in [-0.39, 0.29) is 5.49 Å². The summed E-state index contributed by atoms with van der Waals surface area (Å²) in [5, 5.41) is 5.56. The van der Waals surface area contributed by atoms with Gasteiger partial charge in [-0.1, -0.05) is 60.7 Å². The number of rotatable bonds is 3. The standard InChI is InChI=1S/C19H13BF2N4/c21-20(22)26-19(24-17-12-6-7-13-23-17)16-11-5-4-10-15(16)18(25-26)14-8-2-1-3-9-14/h1-13H/b24-19+. The maximum Gasteiger partial charge on any atom is 0.696 e. The molecule has 4 nitrogen and oxygen atoms in total. The summed E-state index contributed by atoms with van der Waals surface area (Å²) in [4.78, 5) is 8.44. The molecule has 26 heavy (non-hydrogen) atoms. The van der Waals surface area contributed by atoms with Crippen LogP contribution in [0.5, 0.6) is 0 Å². The highest BCUT2D eigenvalue weighted by molar-refractivity contribution is 6.40. The van der Waals surface area contributed by atoms with Crippen LogP contribution < -0.4 is 5.49 Å². The van der Waals surface area contributed by atoms with Gasteiger partial charge in [0.1, 0.15) is 0 Å². The van der Waals surface area contributed by atoms with Crippen molar-refractivity contribution in [1.29, 1.82) is 0 Å². The molecule has 0 aliphatic carbocycles. The van der Waals surface area contributed by atoms with Crippen LogP contribution in [0.2, 0.25) is 0 Å². The van der Waals surface area contributed by atoms with Crippen molar-refractivity contribution in [3.63, 3.8) is 0 Å². The molecular formula is C19H13BF2N4. The van der Waals surface area contributed by atoms with Crippen LogP contribution in [0.25, 0.3) is 22.0 Å². The third kappa shape index (κ3) is 2.99. The van der Waals surface area contributed by atoms with Crippen LogP contribution in [0.4, 0.5) is 14.4 Å². The molecule has 126 valence electrons. The molecule has 0 aliphatic heterocycles. The number of fused-ring (bicyclic) bond motifs is 1. The van der Waals surface area contributed by atoms with E-state index >= 15 is 0 Å². The van der Waals surface area contributed by atoms with Crippen LogP contribution in [0.3, 0.4) is 0 Å². The SMILES string of the molecule is FB(F)n1nc(-c2ccccc2)c2ccccc2/c1=N\c1ccccn1. The van der Waals surface area contributed by atoms with Gasteiger partial charge < -0.3 is 0 Å². The van der Waals surface area contributed by atoms with E-state index in [1.165, 1.54) is 0 Å². The molecule has 0 spiro atoms. The number of aromatic nitrogens is 3. The first-order valence-electron chi connectivity index (χ1n) is 8.05. The van der Waals surface area contributed by atoms with Crippen LogP contribution in [0, 0.1) is 0 Å². The molecule has 4 aromatic rings. The van der Waals surface area contributed by atoms with Crippen LogP contribution in [-0.2, 0) is 0 Å². The molecule has 0 unspecified atom stereocenters. The predicted molar refractivity (Wildman–Crippen MR) is 98.0 cm³/mol. The molecule has 2 aromatic carbocycles. The average Bonchev–Trinajstić information content (AvgIpc) is 2.69. The molecule has 0 fully saturated rings. The van der Waals surface area contributed by atoms with Gasteiger partial charge in [-0.05, 0) is 12.1 Å². The van der Waals surface area contributed by atoms with Crippen molar-refractivity contribution in [2.24, 2.45) is 4.99 Å². The fourth-order valence-corrected chi connectivity index (χ4v) is 2.80. The Morgan fingerprint density at radius 3 is 2.19 bits per heavy atom. The van der Waals surface area contributed by atoms with Crippen molar-refractivity contribution >= 4 is 24.0 Å². The van der Waals surface area contributed by atoms with E-state index in [2.05, 4.69) is 15.1 Å². The number of pyridine rings is 1. The van der Waals surface area contributed by atoms with Crippen molar-refractivity contribution < 1.29 is 8.63 Å². The van der Waals surface area contributed by atoms with E-state index in [0.29, 0.717) is 21.5 Å². The summed E-state index contributed by atoms with van der Waals surface area (Å²) in [7, 11) is -2.83. The summed E-state index contributed by atoms with van der Waals surface area (Å²) in [6.45, 7) is 0. The molecule has 0 aliphatic rings. The lowest BCUT2D eigenvalue weighted by atomic mass is 10.0. The summed E-state index contributed by atoms with van der Waals surface area (Å²) in [6, 6.07) is 21.7. The Bertz CT molecular complexity index is 1110. The van der Waals surface area contributed by atoms with Crippen molar-refractivity contribution in [2.75, 3.05) is 0 Å². The van der Waals surface area contributed by atoms with E-state index in [0.717, 1.165) is 10.9 Å². The molecule has 7 heteroatoms. The van der Waals surface area contributed by atoms with E-state index in [1.54, 1.807) is 36.5 Å². The van der Waals surface area contributed by atoms with E-state index in [9.17, 15) is 8.63 Å². The third-order valence-electron chi connectivity index (χ3n) is 3.95. The summed E-state index contributed by atoms with van der Waals surface area (Å²) >= 11 is 0. The van der Waals surface area contributed by atoms with Crippen molar-refractivity contribution in [3.8, 4) is 11.3 Å². The number of hydrogen-bond donors (Lipinski definition) is 0. The second-order valence-corrected chi connectivity index (χ2v) is 5.61. The smallest absolute Gasteiger partial charge is 0.263 e. The number of halogens is 2. The first-order chi connectivity index (χ1) is 12.7. The molecule has 0 atom stereocenters. The first kappa shape index (κ1) is 16.1. The van der Waals surface area contributed by atoms with Crippen LogP contribution in [0.15, 0.2) is 84.0 Å². The van der Waals surface area contributed by atoms with Gasteiger partial charge in [-0.25, -0.2) is 14.6 Å². The topological polar surface area (TPSA) is 43.1 Å². The lowest BCUT2D eigenvalue weighted by molar-refractivity contribution is 0.594. The van der Waals surface area contributed by atoms with E-state index < -0.39 is 7.40 Å². The molecular weight excluding hydrogens is 333 g/mol. The van der Waals surface area contributed by atoms with Crippen molar-refractivity contribution in [2.45, 2.75) is 0 Å². The van der Waals surface area contributed by atoms with Gasteiger partial charge >= 0.3 is 7.40 Å². The maximum atomic E-state index is 13.8. The minimum Gasteiger partial charge on any atom is -0.263 e. The number of benzene rings is 2. The summed E-state index contributed by atoms with van der Waals surface area (Å²) in [5.41, 5.74) is 1.33. The van der Waals surface area contributed by atoms with Crippen LogP contribution in [0.1, 0.15) is 0 Å². The fourth-order valence-electron chi connectivity index (χ4n) is 2.80. The van der Waals surface area contributed by atoms with Gasteiger partial charge in [0.2, 0.25) is 0 Å². The largest absolute Gasteiger partial charge is 0.696 e. The van der Waals surface area contributed by atoms with Gasteiger partial charge in [-0.15, -0.1) is 0 Å². The molecule has 0 bridgehead atoms. The van der Waals surface area contributed by atoms with Gasteiger partial charge in [0.15, 0.2) is 11.3 Å². The van der Waals surface area contributed by atoms with Crippen molar-refractivity contribution in [1.82, 2.24) is 14.7 Å². The summed E-state index contributed by atoms with van der Waals surface area (Å²) in [6.07, 6.45) is 1.57. The van der Waals surface area contributed by atoms with Crippen LogP contribution in [-0.4, -0.2) is 22.1 Å². The van der Waals surface area contributed by atoms with Gasteiger partial charge in [-0.2, -0.15) is 5.10 Å². The molecule has 0 N–H and O–H groups in total. The Morgan fingerprint density at radius 2 is 1.50 bits per heavy atom. The zero-order valence-electron chi connectivity index (χ0n) is 13.6. The Morgan fingerprint density at radius 1 is 0.808 bits per heavy atom. The highest BCUT2D eigenvalue weighted by Crippen LogP contribution is 2.24. The number of hydrogen-bond acceptors (Lipinski definition) is 3. The lowest BCUT2D eigenvalue weighted by Crippen LogP contribution is -2.33. The zero-order chi connectivity index (χ0) is 17.9. The second-order valence-electron chi connectivity index (χ2n) is 5.61. The Labute approximate surface area is 148 Å². The monoisotopic (exact) mass is 346 g/mol. The predicted octanol–water partition coefficient (Wildman–Crippen LogP) is 4.10. The minimum atomic E-state index is -2.83. The summed E-state index contributed by atoms with van der Waals surface area (Å²) < 4.78 is 28.2. The van der Waals surface area contributed by atoms with Gasteiger partial charge in [0, 0.05) is 22.5 Å². The second kappa shape index (κ2) is 6.88. The van der Waals surface area contributed by atoms with Gasteiger partial charge in [0.25, 0.3) is 0 Å². The molecule has 0 saturated carbocycles. The fraction of sp³-hybridized carbons (Fsp3) is 0. The van der Waals surface area contributed by atoms with Gasteiger partial charge in [0.05, 0.1) is 5.69 Å². The molecule has 2 heterocycles. The lowest BCUT2D eigenvalue weighted by Gasteiger charge is -2.11. The Hall–Kier alpha value is -3.35.